The molecule has 0 amide bonds. The summed E-state index contributed by atoms with van der Waals surface area (Å²) in [6.07, 6.45) is -3.45. The number of hydrogen-bond donors (Lipinski definition) is 0. The minimum atomic E-state index is -4.61. The molecule has 1 aromatic carbocycles. The molecule has 0 bridgehead atoms. The van der Waals surface area contributed by atoms with E-state index in [4.69, 9.17) is 0 Å². The Kier molecular flexibility index (Phi) is 4.11. The number of benzene rings is 1. The van der Waals surface area contributed by atoms with Crippen molar-refractivity contribution in [1.82, 2.24) is 9.78 Å². The SMILES string of the molecule is CN(C)c1ccc(Cn2nc(C(F)(F)F)c3c2CCCC3=O)cc1. The molecule has 0 atom stereocenters. The Balaban J connectivity index is 1.98. The minimum Gasteiger partial charge on any atom is -0.378 e. The fourth-order valence-electron chi connectivity index (χ4n) is 2.99. The first kappa shape index (κ1) is 16.5. The van der Waals surface area contributed by atoms with Gasteiger partial charge in [-0.15, -0.1) is 0 Å². The first-order valence-electron chi connectivity index (χ1n) is 7.73. The molecular weight excluding hydrogens is 319 g/mol. The summed E-state index contributed by atoms with van der Waals surface area (Å²) in [5.74, 6) is -0.460. The van der Waals surface area contributed by atoms with Crippen molar-refractivity contribution in [2.75, 3.05) is 19.0 Å². The third-order valence-electron chi connectivity index (χ3n) is 4.21. The number of carbonyl (C=O) groups is 1. The maximum atomic E-state index is 13.2. The number of rotatable bonds is 3. The summed E-state index contributed by atoms with van der Waals surface area (Å²) in [5.41, 5.74) is 0.964. The molecule has 3 rings (SSSR count). The molecule has 0 saturated carbocycles. The van der Waals surface area contributed by atoms with Crippen LogP contribution in [0.1, 0.15) is 40.2 Å². The van der Waals surface area contributed by atoms with Gasteiger partial charge in [0, 0.05) is 26.2 Å². The Labute approximate surface area is 137 Å². The molecule has 0 aliphatic heterocycles. The van der Waals surface area contributed by atoms with E-state index in [9.17, 15) is 18.0 Å². The highest BCUT2D eigenvalue weighted by Crippen LogP contribution is 2.36. The normalized spacial score (nSPS) is 14.6. The Bertz CT molecular complexity index is 761. The van der Waals surface area contributed by atoms with Gasteiger partial charge in [-0.05, 0) is 30.5 Å². The maximum absolute atomic E-state index is 13.2. The van der Waals surface area contributed by atoms with Crippen LogP contribution >= 0.6 is 0 Å². The van der Waals surface area contributed by atoms with Crippen LogP contribution in [0.15, 0.2) is 24.3 Å². The lowest BCUT2D eigenvalue weighted by Crippen LogP contribution is -2.16. The third-order valence-corrected chi connectivity index (χ3v) is 4.21. The lowest BCUT2D eigenvalue weighted by Gasteiger charge is -2.15. The van der Waals surface area contributed by atoms with Gasteiger partial charge in [-0.3, -0.25) is 9.48 Å². The second-order valence-electron chi connectivity index (χ2n) is 6.16. The van der Waals surface area contributed by atoms with E-state index in [1.807, 2.05) is 43.3 Å². The summed E-state index contributed by atoms with van der Waals surface area (Å²) in [5, 5.41) is 3.73. The number of ketones is 1. The molecular formula is C17H18F3N3O. The highest BCUT2D eigenvalue weighted by atomic mass is 19.4. The van der Waals surface area contributed by atoms with Gasteiger partial charge in [0.1, 0.15) is 0 Å². The fraction of sp³-hybridized carbons (Fsp3) is 0.412. The molecule has 1 heterocycles. The van der Waals surface area contributed by atoms with Crippen molar-refractivity contribution in [1.29, 1.82) is 0 Å². The second-order valence-corrected chi connectivity index (χ2v) is 6.16. The van der Waals surface area contributed by atoms with Gasteiger partial charge >= 0.3 is 6.18 Å². The molecule has 0 N–H and O–H groups in total. The summed E-state index contributed by atoms with van der Waals surface area (Å²) >= 11 is 0. The highest BCUT2D eigenvalue weighted by molar-refractivity contribution is 5.99. The van der Waals surface area contributed by atoms with Crippen LogP contribution in [0.5, 0.6) is 0 Å². The van der Waals surface area contributed by atoms with E-state index in [0.717, 1.165) is 11.3 Å². The van der Waals surface area contributed by atoms with Crippen molar-refractivity contribution >= 4 is 11.5 Å². The van der Waals surface area contributed by atoms with Gasteiger partial charge < -0.3 is 4.90 Å². The average Bonchev–Trinajstić information content (AvgIpc) is 2.88. The summed E-state index contributed by atoms with van der Waals surface area (Å²) < 4.78 is 41.0. The summed E-state index contributed by atoms with van der Waals surface area (Å²) in [6, 6.07) is 7.53. The zero-order valence-electron chi connectivity index (χ0n) is 13.5. The average molecular weight is 337 g/mol. The maximum Gasteiger partial charge on any atom is 0.435 e. The Morgan fingerprint density at radius 1 is 1.17 bits per heavy atom. The zero-order chi connectivity index (χ0) is 17.5. The zero-order valence-corrected chi connectivity index (χ0v) is 13.5. The van der Waals surface area contributed by atoms with E-state index in [1.54, 1.807) is 0 Å². The van der Waals surface area contributed by atoms with Gasteiger partial charge in [0.2, 0.25) is 0 Å². The van der Waals surface area contributed by atoms with Crippen LogP contribution < -0.4 is 4.90 Å². The number of hydrogen-bond acceptors (Lipinski definition) is 3. The number of nitrogens with zero attached hydrogens (tertiary/aromatic N) is 3. The van der Waals surface area contributed by atoms with Crippen molar-refractivity contribution in [3.05, 3.63) is 46.8 Å². The Hall–Kier alpha value is -2.31. The Morgan fingerprint density at radius 2 is 1.83 bits per heavy atom. The van der Waals surface area contributed by atoms with Gasteiger partial charge in [0.15, 0.2) is 11.5 Å². The van der Waals surface area contributed by atoms with Crippen molar-refractivity contribution in [3.63, 3.8) is 0 Å². The van der Waals surface area contributed by atoms with Crippen LogP contribution in [0.3, 0.4) is 0 Å². The van der Waals surface area contributed by atoms with Crippen LogP contribution in [-0.2, 0) is 19.1 Å². The summed E-state index contributed by atoms with van der Waals surface area (Å²) in [6.45, 7) is 0.222. The molecule has 0 saturated heterocycles. The van der Waals surface area contributed by atoms with E-state index in [1.165, 1.54) is 4.68 Å². The molecule has 4 nitrogen and oxygen atoms in total. The number of carbonyl (C=O) groups excluding carboxylic acids is 1. The Morgan fingerprint density at radius 3 is 2.42 bits per heavy atom. The van der Waals surface area contributed by atoms with E-state index in [-0.39, 0.29) is 18.5 Å². The van der Waals surface area contributed by atoms with Crippen molar-refractivity contribution in [2.45, 2.75) is 32.0 Å². The van der Waals surface area contributed by atoms with Gasteiger partial charge in [0.05, 0.1) is 17.8 Å². The smallest absolute Gasteiger partial charge is 0.378 e. The number of anilines is 1. The predicted molar refractivity (Wildman–Crippen MR) is 84.4 cm³/mol. The van der Waals surface area contributed by atoms with Crippen LogP contribution in [0.2, 0.25) is 0 Å². The van der Waals surface area contributed by atoms with Crippen LogP contribution in [0.25, 0.3) is 0 Å². The molecule has 0 radical (unpaired) electrons. The molecule has 0 spiro atoms. The van der Waals surface area contributed by atoms with E-state index in [2.05, 4.69) is 5.10 Å². The summed E-state index contributed by atoms with van der Waals surface area (Å²) in [7, 11) is 3.83. The quantitative estimate of drug-likeness (QED) is 0.860. The number of Topliss-reactive ketones (excluding diaryl/α,β-unsaturated/α-hetero) is 1. The molecule has 0 fully saturated rings. The van der Waals surface area contributed by atoms with Crippen molar-refractivity contribution < 1.29 is 18.0 Å². The number of halogens is 3. The van der Waals surface area contributed by atoms with Crippen molar-refractivity contribution in [2.24, 2.45) is 0 Å². The predicted octanol–water partition coefficient (Wildman–Crippen LogP) is 3.54. The van der Waals surface area contributed by atoms with Crippen LogP contribution in [0, 0.1) is 0 Å². The van der Waals surface area contributed by atoms with E-state index < -0.39 is 17.7 Å². The van der Waals surface area contributed by atoms with Gasteiger partial charge in [-0.1, -0.05) is 12.1 Å². The van der Waals surface area contributed by atoms with Gasteiger partial charge in [-0.2, -0.15) is 18.3 Å². The minimum absolute atomic E-state index is 0.152. The van der Waals surface area contributed by atoms with Crippen LogP contribution in [0.4, 0.5) is 18.9 Å². The highest BCUT2D eigenvalue weighted by Gasteiger charge is 2.42. The van der Waals surface area contributed by atoms with Crippen molar-refractivity contribution in [3.8, 4) is 0 Å². The van der Waals surface area contributed by atoms with Crippen LogP contribution in [-0.4, -0.2) is 29.7 Å². The lowest BCUT2D eigenvalue weighted by molar-refractivity contribution is -0.141. The molecule has 128 valence electrons. The lowest BCUT2D eigenvalue weighted by atomic mass is 9.94. The first-order chi connectivity index (χ1) is 11.3. The third kappa shape index (κ3) is 3.02. The topological polar surface area (TPSA) is 38.1 Å². The largest absolute Gasteiger partial charge is 0.435 e. The first-order valence-corrected chi connectivity index (χ1v) is 7.73. The van der Waals surface area contributed by atoms with Gasteiger partial charge in [0.25, 0.3) is 0 Å². The van der Waals surface area contributed by atoms with Gasteiger partial charge in [-0.25, -0.2) is 0 Å². The monoisotopic (exact) mass is 337 g/mol. The molecule has 0 unspecified atom stereocenters. The summed E-state index contributed by atoms with van der Waals surface area (Å²) in [4.78, 5) is 13.9. The molecule has 7 heteroatoms. The number of aromatic nitrogens is 2. The molecule has 1 aliphatic rings. The number of alkyl halides is 3. The number of fused-ring (bicyclic) bond motifs is 1. The molecule has 1 aromatic heterocycles. The van der Waals surface area contributed by atoms with E-state index >= 15 is 0 Å². The second kappa shape index (κ2) is 5.96. The standard InChI is InChI=1S/C17H18F3N3O/c1-22(2)12-8-6-11(7-9-12)10-23-13-4-3-5-14(24)15(13)16(21-23)17(18,19)20/h6-9H,3-5,10H2,1-2H3. The molecule has 1 aliphatic carbocycles. The molecule has 24 heavy (non-hydrogen) atoms. The van der Waals surface area contributed by atoms with E-state index in [0.29, 0.717) is 18.5 Å². The fourth-order valence-corrected chi connectivity index (χ4v) is 2.99. The molecule has 2 aromatic rings.